The molecule has 6 nitrogen and oxygen atoms in total. The summed E-state index contributed by atoms with van der Waals surface area (Å²) in [5.41, 5.74) is 0. The molecule has 0 spiro atoms. The second kappa shape index (κ2) is 71.1. The van der Waals surface area contributed by atoms with Gasteiger partial charge in [0.25, 0.3) is 0 Å². The maximum absolute atomic E-state index is 13.0. The van der Waals surface area contributed by atoms with Crippen LogP contribution in [0.4, 0.5) is 0 Å². The van der Waals surface area contributed by atoms with Crippen molar-refractivity contribution in [2.24, 2.45) is 0 Å². The van der Waals surface area contributed by atoms with E-state index in [0.29, 0.717) is 19.3 Å². The molecule has 1 atom stereocenters. The summed E-state index contributed by atoms with van der Waals surface area (Å²) in [6.07, 6.45) is 94.7. The average Bonchev–Trinajstić information content (AvgIpc) is 3.49. The zero-order valence-corrected chi connectivity index (χ0v) is 55.2. The van der Waals surface area contributed by atoms with Gasteiger partial charge in [-0.15, -0.1) is 0 Å². The van der Waals surface area contributed by atoms with Crippen LogP contribution in [0.1, 0.15) is 367 Å². The first-order chi connectivity index (χ1) is 41.0. The third-order valence-corrected chi connectivity index (χ3v) is 15.9. The Morgan fingerprint density at radius 2 is 0.470 bits per heavy atom. The molecule has 0 rings (SSSR count). The normalized spacial score (nSPS) is 12.6. The lowest BCUT2D eigenvalue weighted by Crippen LogP contribution is -2.30. The Bertz CT molecular complexity index is 1570. The summed E-state index contributed by atoms with van der Waals surface area (Å²) in [4.78, 5) is 38.5. The lowest BCUT2D eigenvalue weighted by molar-refractivity contribution is -0.167. The van der Waals surface area contributed by atoms with E-state index in [9.17, 15) is 14.4 Å². The van der Waals surface area contributed by atoms with Crippen LogP contribution in [-0.2, 0) is 28.6 Å². The van der Waals surface area contributed by atoms with Gasteiger partial charge in [0.05, 0.1) is 0 Å². The van der Waals surface area contributed by atoms with Crippen LogP contribution < -0.4 is 0 Å². The van der Waals surface area contributed by atoms with E-state index in [4.69, 9.17) is 14.2 Å². The zero-order chi connectivity index (χ0) is 59.9. The maximum Gasteiger partial charge on any atom is 0.306 e. The SMILES string of the molecule is CC/C=C\C/C=C\C/C=C\C/C=C\C/C=C\CCCCCCCCCCCCCCCCCC(=O)OCC(COC(=O)CCCCCCC/C=C\C/C=C\CCCCCC)OC(=O)CCCCCCCCCCCCCCCCCCCC. The molecule has 0 amide bonds. The number of esters is 3. The van der Waals surface area contributed by atoms with Crippen molar-refractivity contribution in [2.75, 3.05) is 13.2 Å². The van der Waals surface area contributed by atoms with Gasteiger partial charge in [-0.05, 0) is 96.3 Å². The Morgan fingerprint density at radius 3 is 0.747 bits per heavy atom. The molecule has 0 bridgehead atoms. The average molecular weight is 1160 g/mol. The van der Waals surface area contributed by atoms with Crippen LogP contribution in [0.5, 0.6) is 0 Å². The number of hydrogen-bond donors (Lipinski definition) is 0. The van der Waals surface area contributed by atoms with Crippen molar-refractivity contribution < 1.29 is 28.6 Å². The third kappa shape index (κ3) is 69.3. The topological polar surface area (TPSA) is 78.9 Å². The van der Waals surface area contributed by atoms with Crippen LogP contribution in [0.25, 0.3) is 0 Å². The van der Waals surface area contributed by atoms with Gasteiger partial charge in [0.1, 0.15) is 13.2 Å². The molecule has 0 aromatic rings. The molecule has 0 saturated heterocycles. The zero-order valence-electron chi connectivity index (χ0n) is 55.2. The summed E-state index contributed by atoms with van der Waals surface area (Å²) in [6.45, 7) is 6.56. The highest BCUT2D eigenvalue weighted by atomic mass is 16.6. The van der Waals surface area contributed by atoms with Crippen LogP contribution in [0.2, 0.25) is 0 Å². The molecule has 0 aliphatic carbocycles. The molecule has 0 aliphatic rings. The van der Waals surface area contributed by atoms with Gasteiger partial charge in [0.15, 0.2) is 6.10 Å². The van der Waals surface area contributed by atoms with Crippen LogP contribution >= 0.6 is 0 Å². The van der Waals surface area contributed by atoms with E-state index in [1.54, 1.807) is 0 Å². The minimum Gasteiger partial charge on any atom is -0.462 e. The quantitative estimate of drug-likeness (QED) is 0.0261. The molecule has 0 radical (unpaired) electrons. The van der Waals surface area contributed by atoms with E-state index < -0.39 is 6.10 Å². The summed E-state index contributed by atoms with van der Waals surface area (Å²) in [5.74, 6) is -0.867. The fourth-order valence-electron chi connectivity index (χ4n) is 10.5. The van der Waals surface area contributed by atoms with Gasteiger partial charge in [-0.25, -0.2) is 0 Å². The molecular formula is C77H136O6. The smallest absolute Gasteiger partial charge is 0.306 e. The Kier molecular flexibility index (Phi) is 68.2. The van der Waals surface area contributed by atoms with Crippen molar-refractivity contribution in [1.82, 2.24) is 0 Å². The van der Waals surface area contributed by atoms with Gasteiger partial charge >= 0.3 is 17.9 Å². The number of carbonyl (C=O) groups is 3. The van der Waals surface area contributed by atoms with Crippen molar-refractivity contribution in [3.05, 3.63) is 85.1 Å². The monoisotopic (exact) mass is 1160 g/mol. The molecule has 0 aromatic heterocycles. The minimum absolute atomic E-state index is 0.0762. The van der Waals surface area contributed by atoms with Gasteiger partial charge in [-0.1, -0.05) is 337 Å². The number of hydrogen-bond acceptors (Lipinski definition) is 6. The lowest BCUT2D eigenvalue weighted by atomic mass is 10.0. The molecule has 0 heterocycles. The molecule has 480 valence electrons. The van der Waals surface area contributed by atoms with E-state index >= 15 is 0 Å². The van der Waals surface area contributed by atoms with Crippen molar-refractivity contribution in [3.8, 4) is 0 Å². The number of allylic oxidation sites excluding steroid dienone is 14. The van der Waals surface area contributed by atoms with Crippen LogP contribution in [-0.4, -0.2) is 37.2 Å². The molecule has 6 heteroatoms. The molecule has 0 saturated carbocycles. The van der Waals surface area contributed by atoms with E-state index in [2.05, 4.69) is 106 Å². The predicted octanol–water partition coefficient (Wildman–Crippen LogP) is 25.0. The van der Waals surface area contributed by atoms with Crippen LogP contribution in [0.15, 0.2) is 85.1 Å². The number of unbranched alkanes of at least 4 members (excludes halogenated alkanes) is 41. The lowest BCUT2D eigenvalue weighted by Gasteiger charge is -2.18. The van der Waals surface area contributed by atoms with E-state index in [1.807, 2.05) is 0 Å². The van der Waals surface area contributed by atoms with E-state index in [-0.39, 0.29) is 31.1 Å². The van der Waals surface area contributed by atoms with Gasteiger partial charge in [-0.2, -0.15) is 0 Å². The first-order valence-corrected chi connectivity index (χ1v) is 36.1. The van der Waals surface area contributed by atoms with Crippen molar-refractivity contribution >= 4 is 17.9 Å². The standard InChI is InChI=1S/C77H136O6/c1-4-7-10-13-16-19-22-25-28-31-33-34-35-36-37-38-39-40-41-42-43-44-45-47-49-52-55-58-61-64-67-70-76(79)82-73-74(72-81-75(78)69-66-63-60-57-54-51-48-30-27-24-21-18-15-12-9-6-3)83-77(80)71-68-65-62-59-56-53-50-46-32-29-26-23-20-17-14-11-8-5-2/h7,10,16,19,21,24-25,28,30,33-34,36-37,48,74H,4-6,8-9,11-15,17-18,20,22-23,26-27,29,31-32,35,38-47,49-73H2,1-3H3/b10-7-,19-16-,24-21-,28-25-,34-33-,37-36-,48-30-. The molecule has 0 aliphatic heterocycles. The first kappa shape index (κ1) is 79.6. The predicted molar refractivity (Wildman–Crippen MR) is 362 cm³/mol. The van der Waals surface area contributed by atoms with Gasteiger partial charge in [-0.3, -0.25) is 14.4 Å². The minimum atomic E-state index is -0.781. The third-order valence-electron chi connectivity index (χ3n) is 15.9. The van der Waals surface area contributed by atoms with E-state index in [0.717, 1.165) is 109 Å². The summed E-state index contributed by atoms with van der Waals surface area (Å²) in [5, 5.41) is 0. The summed E-state index contributed by atoms with van der Waals surface area (Å²) in [6, 6.07) is 0. The van der Waals surface area contributed by atoms with E-state index in [1.165, 1.54) is 218 Å². The Balaban J connectivity index is 4.25. The molecule has 0 N–H and O–H groups in total. The molecule has 83 heavy (non-hydrogen) atoms. The maximum atomic E-state index is 13.0. The molecule has 0 fully saturated rings. The Morgan fingerprint density at radius 1 is 0.253 bits per heavy atom. The largest absolute Gasteiger partial charge is 0.462 e. The Labute approximate surface area is 515 Å². The first-order valence-electron chi connectivity index (χ1n) is 36.1. The van der Waals surface area contributed by atoms with Crippen molar-refractivity contribution in [2.45, 2.75) is 374 Å². The van der Waals surface area contributed by atoms with Crippen LogP contribution in [0, 0.1) is 0 Å². The fourth-order valence-corrected chi connectivity index (χ4v) is 10.5. The highest BCUT2D eigenvalue weighted by molar-refractivity contribution is 5.71. The van der Waals surface area contributed by atoms with Crippen molar-refractivity contribution in [1.29, 1.82) is 0 Å². The molecule has 0 aromatic carbocycles. The number of rotatable bonds is 66. The molecular weight excluding hydrogens is 1020 g/mol. The summed E-state index contributed by atoms with van der Waals surface area (Å²) < 4.78 is 17.0. The summed E-state index contributed by atoms with van der Waals surface area (Å²) in [7, 11) is 0. The van der Waals surface area contributed by atoms with Gasteiger partial charge < -0.3 is 14.2 Å². The highest BCUT2D eigenvalue weighted by Gasteiger charge is 2.19. The second-order valence-corrected chi connectivity index (χ2v) is 24.1. The van der Waals surface area contributed by atoms with Gasteiger partial charge in [0, 0.05) is 19.3 Å². The Hall–Kier alpha value is -3.41. The number of carbonyl (C=O) groups excluding carboxylic acids is 3. The molecule has 1 unspecified atom stereocenters. The fraction of sp³-hybridized carbons (Fsp3) is 0.779. The second-order valence-electron chi connectivity index (χ2n) is 24.1. The highest BCUT2D eigenvalue weighted by Crippen LogP contribution is 2.18. The van der Waals surface area contributed by atoms with Crippen LogP contribution in [0.3, 0.4) is 0 Å². The van der Waals surface area contributed by atoms with Gasteiger partial charge in [0.2, 0.25) is 0 Å². The van der Waals surface area contributed by atoms with Crippen molar-refractivity contribution in [3.63, 3.8) is 0 Å². The summed E-state index contributed by atoms with van der Waals surface area (Å²) >= 11 is 0. The number of ether oxygens (including phenoxy) is 3.